The smallest absolute Gasteiger partial charge is 0.328 e. The molecule has 2 aromatic rings. The molecule has 2 aliphatic rings. The molecule has 0 atom stereocenters. The third-order valence-electron chi connectivity index (χ3n) is 6.61. The van der Waals surface area contributed by atoms with E-state index in [0.717, 1.165) is 57.7 Å². The van der Waals surface area contributed by atoms with Gasteiger partial charge in [0.25, 0.3) is 0 Å². The van der Waals surface area contributed by atoms with Gasteiger partial charge in [-0.3, -0.25) is 4.79 Å². The average molecular weight is 642 g/mol. The lowest BCUT2D eigenvalue weighted by Gasteiger charge is -2.35. The maximum Gasteiger partial charge on any atom is 0.328 e. The second-order valence-corrected chi connectivity index (χ2v) is 11.2. The third kappa shape index (κ3) is 13.4. The van der Waals surface area contributed by atoms with Gasteiger partial charge in [0.2, 0.25) is 0 Å². The van der Waals surface area contributed by atoms with Crippen LogP contribution in [0.4, 0.5) is 11.4 Å². The number of Topliss-reactive ketones (excluding diaryl/α,β-unsaturated/α-hetero) is 1. The molecule has 45 heavy (non-hydrogen) atoms. The quantitative estimate of drug-likeness (QED) is 0.202. The molecule has 2 aromatic carbocycles. The molecular formula is C32H39N3O9S. The zero-order chi connectivity index (χ0) is 33.4. The fraction of sp³-hybridized carbons (Fsp3) is 0.344. The van der Waals surface area contributed by atoms with Gasteiger partial charge in [0.05, 0.1) is 11.4 Å². The molecule has 242 valence electrons. The van der Waals surface area contributed by atoms with Crippen LogP contribution in [0.15, 0.2) is 76.6 Å². The molecule has 1 saturated heterocycles. The number of nitrogens with zero attached hydrogens (tertiary/aromatic N) is 3. The van der Waals surface area contributed by atoms with Crippen LogP contribution in [0.25, 0.3) is 0 Å². The first kappa shape index (κ1) is 36.7. The number of piperazine rings is 1. The predicted octanol–water partition coefficient (Wildman–Crippen LogP) is 4.33. The zero-order valence-electron chi connectivity index (χ0n) is 25.3. The van der Waals surface area contributed by atoms with Crippen molar-refractivity contribution in [1.82, 2.24) is 9.80 Å². The Labute approximate surface area is 266 Å². The number of fused-ring (bicyclic) bond motifs is 2. The largest absolute Gasteiger partial charge is 0.478 e. The number of carbonyl (C=O) groups excluding carboxylic acids is 1. The van der Waals surface area contributed by atoms with Crippen molar-refractivity contribution in [2.45, 2.75) is 36.0 Å². The Hall–Kier alpha value is -4.46. The molecule has 4 N–H and O–H groups in total. The molecule has 0 aliphatic carbocycles. The number of anilines is 2. The second kappa shape index (κ2) is 19.0. The van der Waals surface area contributed by atoms with Crippen molar-refractivity contribution in [1.29, 1.82) is 0 Å². The van der Waals surface area contributed by atoms with Crippen LogP contribution in [0, 0.1) is 0 Å². The Morgan fingerprint density at radius 1 is 0.733 bits per heavy atom. The van der Waals surface area contributed by atoms with E-state index in [2.05, 4.69) is 65.1 Å². The highest BCUT2D eigenvalue weighted by atomic mass is 32.2. The van der Waals surface area contributed by atoms with Crippen molar-refractivity contribution >= 4 is 52.8 Å². The first-order valence-corrected chi connectivity index (χ1v) is 15.1. The van der Waals surface area contributed by atoms with E-state index in [4.69, 9.17) is 20.4 Å². The number of carbonyl (C=O) groups is 5. The van der Waals surface area contributed by atoms with E-state index < -0.39 is 23.9 Å². The molecule has 2 heterocycles. The highest BCUT2D eigenvalue weighted by Gasteiger charge is 2.24. The van der Waals surface area contributed by atoms with Crippen LogP contribution in [-0.2, 0) is 19.2 Å². The van der Waals surface area contributed by atoms with Crippen molar-refractivity contribution in [3.8, 4) is 0 Å². The van der Waals surface area contributed by atoms with Crippen LogP contribution in [0.2, 0.25) is 0 Å². The van der Waals surface area contributed by atoms with Gasteiger partial charge < -0.3 is 35.1 Å². The maximum absolute atomic E-state index is 12.5. The normalized spacial score (nSPS) is 14.4. The summed E-state index contributed by atoms with van der Waals surface area (Å²) in [6.07, 6.45) is 4.86. The minimum absolute atomic E-state index is 0.247. The summed E-state index contributed by atoms with van der Waals surface area (Å²) in [5, 5.41) is 31.2. The number of para-hydroxylation sites is 1. The van der Waals surface area contributed by atoms with Crippen LogP contribution in [-0.4, -0.2) is 106 Å². The van der Waals surface area contributed by atoms with E-state index >= 15 is 0 Å². The van der Waals surface area contributed by atoms with Crippen LogP contribution < -0.4 is 4.90 Å². The average Bonchev–Trinajstić information content (AvgIpc) is 3.00. The van der Waals surface area contributed by atoms with E-state index in [9.17, 15) is 24.0 Å². The molecule has 0 aromatic heterocycles. The Morgan fingerprint density at radius 2 is 1.27 bits per heavy atom. The first-order valence-electron chi connectivity index (χ1n) is 14.3. The van der Waals surface area contributed by atoms with Gasteiger partial charge in [0.15, 0.2) is 5.78 Å². The molecule has 0 spiro atoms. The van der Waals surface area contributed by atoms with Crippen molar-refractivity contribution in [2.24, 2.45) is 0 Å². The molecule has 0 radical (unpaired) electrons. The van der Waals surface area contributed by atoms with Crippen LogP contribution in [0.1, 0.15) is 36.5 Å². The van der Waals surface area contributed by atoms with Gasteiger partial charge in [0.1, 0.15) is 0 Å². The monoisotopic (exact) mass is 641 g/mol. The third-order valence-corrected chi connectivity index (χ3v) is 7.74. The summed E-state index contributed by atoms with van der Waals surface area (Å²) >= 11 is 1.81. The number of aliphatic carboxylic acids is 4. The Balaban J connectivity index is 0.000000365. The number of benzene rings is 2. The lowest BCUT2D eigenvalue weighted by molar-refractivity contribution is -0.134. The summed E-state index contributed by atoms with van der Waals surface area (Å²) in [6.45, 7) is 8.81. The van der Waals surface area contributed by atoms with Crippen LogP contribution in [0.3, 0.4) is 0 Å². The molecule has 12 nitrogen and oxygen atoms in total. The number of rotatable bonds is 11. The molecule has 1 fully saturated rings. The van der Waals surface area contributed by atoms with Gasteiger partial charge in [-0.2, -0.15) is 0 Å². The van der Waals surface area contributed by atoms with Gasteiger partial charge in [-0.05, 0) is 50.7 Å². The van der Waals surface area contributed by atoms with Crippen molar-refractivity contribution in [3.05, 3.63) is 72.3 Å². The number of likely N-dealkylation sites (N-methyl/N-ethyl adjacent to an activating group) is 1. The highest BCUT2D eigenvalue weighted by molar-refractivity contribution is 7.99. The molecule has 2 aliphatic heterocycles. The first-order chi connectivity index (χ1) is 21.4. The summed E-state index contributed by atoms with van der Waals surface area (Å²) in [5.41, 5.74) is 3.30. The van der Waals surface area contributed by atoms with Gasteiger partial charge in [0, 0.05) is 78.8 Å². The van der Waals surface area contributed by atoms with E-state index in [0.29, 0.717) is 30.7 Å². The van der Waals surface area contributed by atoms with Gasteiger partial charge >= 0.3 is 23.9 Å². The fourth-order valence-corrected chi connectivity index (χ4v) is 5.50. The van der Waals surface area contributed by atoms with Gasteiger partial charge in [-0.1, -0.05) is 36.9 Å². The summed E-state index contributed by atoms with van der Waals surface area (Å²) in [6, 6.07) is 14.9. The number of hydrogen-bond acceptors (Lipinski definition) is 9. The lowest BCUT2D eigenvalue weighted by Crippen LogP contribution is -2.45. The lowest BCUT2D eigenvalue weighted by atomic mass is 10.1. The van der Waals surface area contributed by atoms with Crippen LogP contribution in [0.5, 0.6) is 0 Å². The summed E-state index contributed by atoms with van der Waals surface area (Å²) in [5.74, 6) is -4.78. The molecule has 0 unspecified atom stereocenters. The maximum atomic E-state index is 12.5. The van der Waals surface area contributed by atoms with E-state index in [1.807, 2.05) is 17.8 Å². The van der Waals surface area contributed by atoms with Gasteiger partial charge in [-0.15, -0.1) is 0 Å². The predicted molar refractivity (Wildman–Crippen MR) is 171 cm³/mol. The minimum atomic E-state index is -1.26. The fourth-order valence-electron chi connectivity index (χ4n) is 4.42. The zero-order valence-corrected chi connectivity index (χ0v) is 26.1. The summed E-state index contributed by atoms with van der Waals surface area (Å²) in [4.78, 5) is 60.7. The van der Waals surface area contributed by atoms with E-state index in [-0.39, 0.29) is 5.78 Å². The number of carboxylic acids is 4. The SMILES string of the molecule is CCCC(=O)c1ccc2c(c1)N(CCCN1CCN(C)CC1)c1ccccc1S2.O=C(O)C=CC(=O)O.O=C(O)C=CC(=O)O. The van der Waals surface area contributed by atoms with Crippen molar-refractivity contribution < 1.29 is 44.4 Å². The number of ketones is 1. The molecule has 0 bridgehead atoms. The van der Waals surface area contributed by atoms with E-state index in [1.165, 1.54) is 21.2 Å². The minimum Gasteiger partial charge on any atom is -0.478 e. The van der Waals surface area contributed by atoms with Crippen LogP contribution >= 0.6 is 11.8 Å². The number of hydrogen-bond donors (Lipinski definition) is 4. The Kier molecular flexibility index (Phi) is 15.5. The molecule has 0 saturated carbocycles. The van der Waals surface area contributed by atoms with Gasteiger partial charge in [-0.25, -0.2) is 19.2 Å². The molecule has 13 heteroatoms. The topological polar surface area (TPSA) is 176 Å². The standard InChI is InChI=1S/C24H31N3OS.2C4H4O4/c1-3-7-22(28)19-10-11-24-21(18-19)27(20-8-4-5-9-23(20)29-24)13-6-12-26-16-14-25(2)15-17-26;2*5-3(6)1-2-4(7)8/h4-5,8-11,18H,3,6-7,12-17H2,1-2H3;2*1-2H,(H,5,6)(H,7,8). The second-order valence-electron chi connectivity index (χ2n) is 10.1. The molecule has 4 rings (SSSR count). The highest BCUT2D eigenvalue weighted by Crippen LogP contribution is 2.48. The van der Waals surface area contributed by atoms with Crippen molar-refractivity contribution in [2.75, 3.05) is 51.2 Å². The van der Waals surface area contributed by atoms with E-state index in [1.54, 1.807) is 0 Å². The Bertz CT molecular complexity index is 1340. The Morgan fingerprint density at radius 3 is 1.80 bits per heavy atom. The number of carboxylic acid groups (broad SMARTS) is 4. The summed E-state index contributed by atoms with van der Waals surface area (Å²) < 4.78 is 0. The van der Waals surface area contributed by atoms with Crippen molar-refractivity contribution in [3.63, 3.8) is 0 Å². The molecule has 0 amide bonds. The summed E-state index contributed by atoms with van der Waals surface area (Å²) in [7, 11) is 2.20. The molecular weight excluding hydrogens is 602 g/mol.